The lowest BCUT2D eigenvalue weighted by atomic mass is 10.1. The van der Waals surface area contributed by atoms with Crippen molar-refractivity contribution in [2.75, 3.05) is 36.3 Å². The van der Waals surface area contributed by atoms with E-state index in [4.69, 9.17) is 13.9 Å². The van der Waals surface area contributed by atoms with Crippen LogP contribution in [0.1, 0.15) is 17.0 Å². The molecule has 2 heterocycles. The fourth-order valence-corrected chi connectivity index (χ4v) is 4.40. The zero-order chi connectivity index (χ0) is 25.9. The van der Waals surface area contributed by atoms with E-state index >= 15 is 0 Å². The third-order valence-electron chi connectivity index (χ3n) is 6.26. The minimum Gasteiger partial charge on any atom is -0.493 e. The van der Waals surface area contributed by atoms with Gasteiger partial charge in [-0.1, -0.05) is 30.3 Å². The van der Waals surface area contributed by atoms with Gasteiger partial charge in [0.1, 0.15) is 11.3 Å². The highest BCUT2D eigenvalue weighted by Crippen LogP contribution is 2.34. The van der Waals surface area contributed by atoms with Gasteiger partial charge >= 0.3 is 0 Å². The predicted molar refractivity (Wildman–Crippen MR) is 139 cm³/mol. The van der Waals surface area contributed by atoms with Gasteiger partial charge in [0.25, 0.3) is 5.91 Å². The lowest BCUT2D eigenvalue weighted by Gasteiger charge is -2.16. The molecular formula is C28H25N3O6. The quantitative estimate of drug-likeness (QED) is 0.382. The number of para-hydroxylation sites is 2. The Morgan fingerprint density at radius 2 is 1.65 bits per heavy atom. The first-order valence-electron chi connectivity index (χ1n) is 11.7. The number of ether oxygens (including phenoxy) is 2. The summed E-state index contributed by atoms with van der Waals surface area (Å²) in [5.74, 6) is -0.697. The van der Waals surface area contributed by atoms with E-state index < -0.39 is 11.8 Å². The summed E-state index contributed by atoms with van der Waals surface area (Å²) in [5.41, 5.74) is 1.90. The van der Waals surface area contributed by atoms with E-state index in [1.165, 1.54) is 14.2 Å². The van der Waals surface area contributed by atoms with Crippen LogP contribution in [0, 0.1) is 5.92 Å². The van der Waals surface area contributed by atoms with Gasteiger partial charge in [0.15, 0.2) is 11.5 Å². The Hall–Kier alpha value is -4.79. The summed E-state index contributed by atoms with van der Waals surface area (Å²) in [6.07, 6.45) is 0.0731. The first kappa shape index (κ1) is 23.9. The smallest absolute Gasteiger partial charge is 0.293 e. The van der Waals surface area contributed by atoms with Crippen LogP contribution in [0.5, 0.6) is 11.5 Å². The minimum atomic E-state index is -0.580. The van der Waals surface area contributed by atoms with Gasteiger partial charge < -0.3 is 29.4 Å². The summed E-state index contributed by atoms with van der Waals surface area (Å²) < 4.78 is 16.4. The van der Waals surface area contributed by atoms with Gasteiger partial charge in [0, 0.05) is 35.8 Å². The molecule has 0 aliphatic carbocycles. The second-order valence-electron chi connectivity index (χ2n) is 8.56. The molecule has 0 saturated carbocycles. The Balaban J connectivity index is 1.40. The SMILES string of the molecule is COc1ccc(NC(=O)c2oc3ccccc3c2NC(=O)[C@@H]2CC(=O)N(c3ccccc3)C2)cc1OC. The predicted octanol–water partition coefficient (Wildman–Crippen LogP) is 4.69. The number of hydrogen-bond donors (Lipinski definition) is 2. The largest absolute Gasteiger partial charge is 0.493 e. The van der Waals surface area contributed by atoms with E-state index in [9.17, 15) is 14.4 Å². The van der Waals surface area contributed by atoms with Crippen LogP contribution in [0.3, 0.4) is 0 Å². The average Bonchev–Trinajstić information content (AvgIpc) is 3.50. The number of rotatable bonds is 7. The van der Waals surface area contributed by atoms with Crippen molar-refractivity contribution in [2.24, 2.45) is 5.92 Å². The minimum absolute atomic E-state index is 0.0476. The monoisotopic (exact) mass is 499 g/mol. The van der Waals surface area contributed by atoms with Crippen LogP contribution in [0.25, 0.3) is 11.0 Å². The molecule has 1 aliphatic rings. The fraction of sp³-hybridized carbons (Fsp3) is 0.179. The Kier molecular flexibility index (Phi) is 6.51. The Bertz CT molecular complexity index is 1480. The van der Waals surface area contributed by atoms with Gasteiger partial charge in [-0.25, -0.2) is 0 Å². The number of amides is 3. The maximum Gasteiger partial charge on any atom is 0.293 e. The van der Waals surface area contributed by atoms with Crippen molar-refractivity contribution in [1.29, 1.82) is 0 Å². The van der Waals surface area contributed by atoms with Crippen LogP contribution in [-0.2, 0) is 9.59 Å². The molecule has 4 aromatic rings. The molecule has 9 nitrogen and oxygen atoms in total. The normalized spacial score (nSPS) is 15.0. The zero-order valence-corrected chi connectivity index (χ0v) is 20.3. The Morgan fingerprint density at radius 3 is 2.41 bits per heavy atom. The van der Waals surface area contributed by atoms with Crippen molar-refractivity contribution in [3.8, 4) is 11.5 Å². The van der Waals surface area contributed by atoms with Crippen LogP contribution >= 0.6 is 0 Å². The van der Waals surface area contributed by atoms with Crippen molar-refractivity contribution in [1.82, 2.24) is 0 Å². The molecule has 5 rings (SSSR count). The molecule has 1 atom stereocenters. The van der Waals surface area contributed by atoms with Gasteiger partial charge in [-0.05, 0) is 36.4 Å². The van der Waals surface area contributed by atoms with Crippen molar-refractivity contribution in [2.45, 2.75) is 6.42 Å². The summed E-state index contributed by atoms with van der Waals surface area (Å²) in [7, 11) is 3.03. The first-order valence-corrected chi connectivity index (χ1v) is 11.7. The lowest BCUT2D eigenvalue weighted by molar-refractivity contribution is -0.122. The van der Waals surface area contributed by atoms with Crippen molar-refractivity contribution in [3.63, 3.8) is 0 Å². The molecule has 9 heteroatoms. The average molecular weight is 500 g/mol. The molecule has 37 heavy (non-hydrogen) atoms. The van der Waals surface area contributed by atoms with E-state index in [-0.39, 0.29) is 36.2 Å². The third kappa shape index (κ3) is 4.71. The highest BCUT2D eigenvalue weighted by Gasteiger charge is 2.36. The lowest BCUT2D eigenvalue weighted by Crippen LogP contribution is -2.28. The highest BCUT2D eigenvalue weighted by molar-refractivity contribution is 6.15. The number of carbonyl (C=O) groups is 3. The number of benzene rings is 3. The molecule has 0 bridgehead atoms. The molecule has 1 fully saturated rings. The summed E-state index contributed by atoms with van der Waals surface area (Å²) in [4.78, 5) is 40.8. The van der Waals surface area contributed by atoms with Crippen LogP contribution in [-0.4, -0.2) is 38.5 Å². The van der Waals surface area contributed by atoms with Gasteiger partial charge in [0.05, 0.1) is 20.1 Å². The maximum absolute atomic E-state index is 13.3. The van der Waals surface area contributed by atoms with Gasteiger partial charge in [-0.15, -0.1) is 0 Å². The van der Waals surface area contributed by atoms with Crippen LogP contribution in [0.4, 0.5) is 17.1 Å². The van der Waals surface area contributed by atoms with Crippen LogP contribution in [0.15, 0.2) is 77.2 Å². The fourth-order valence-electron chi connectivity index (χ4n) is 4.40. The molecule has 1 aromatic heterocycles. The van der Waals surface area contributed by atoms with Crippen molar-refractivity contribution < 1.29 is 28.3 Å². The Morgan fingerprint density at radius 1 is 0.919 bits per heavy atom. The maximum atomic E-state index is 13.3. The Labute approximate surface area is 213 Å². The summed E-state index contributed by atoms with van der Waals surface area (Å²) in [6.45, 7) is 0.248. The second-order valence-corrected chi connectivity index (χ2v) is 8.56. The zero-order valence-electron chi connectivity index (χ0n) is 20.3. The number of furan rings is 1. The summed E-state index contributed by atoms with van der Waals surface area (Å²) in [5, 5.41) is 6.22. The number of anilines is 3. The topological polar surface area (TPSA) is 110 Å². The number of carbonyl (C=O) groups excluding carboxylic acids is 3. The van der Waals surface area contributed by atoms with E-state index in [0.717, 1.165) is 5.69 Å². The van der Waals surface area contributed by atoms with E-state index in [0.29, 0.717) is 28.2 Å². The van der Waals surface area contributed by atoms with Gasteiger partial charge in [-0.3, -0.25) is 14.4 Å². The molecule has 1 aliphatic heterocycles. The van der Waals surface area contributed by atoms with E-state index in [2.05, 4.69) is 10.6 Å². The first-order chi connectivity index (χ1) is 18.0. The molecule has 0 unspecified atom stereocenters. The molecule has 2 N–H and O–H groups in total. The molecular weight excluding hydrogens is 474 g/mol. The molecule has 0 radical (unpaired) electrons. The number of fused-ring (bicyclic) bond motifs is 1. The van der Waals surface area contributed by atoms with Crippen LogP contribution < -0.4 is 25.0 Å². The number of hydrogen-bond acceptors (Lipinski definition) is 6. The number of methoxy groups -OCH3 is 2. The molecule has 188 valence electrons. The molecule has 1 saturated heterocycles. The van der Waals surface area contributed by atoms with Gasteiger partial charge in [0.2, 0.25) is 17.6 Å². The second kappa shape index (κ2) is 10.1. The summed E-state index contributed by atoms with van der Waals surface area (Å²) >= 11 is 0. The van der Waals surface area contributed by atoms with Crippen LogP contribution in [0.2, 0.25) is 0 Å². The van der Waals surface area contributed by atoms with E-state index in [1.807, 2.05) is 30.3 Å². The molecule has 0 spiro atoms. The van der Waals surface area contributed by atoms with Crippen molar-refractivity contribution >= 4 is 45.8 Å². The summed E-state index contributed by atoms with van der Waals surface area (Å²) in [6, 6.07) is 21.2. The van der Waals surface area contributed by atoms with Gasteiger partial charge in [-0.2, -0.15) is 0 Å². The third-order valence-corrected chi connectivity index (χ3v) is 6.26. The van der Waals surface area contributed by atoms with Crippen molar-refractivity contribution in [3.05, 3.63) is 78.6 Å². The highest BCUT2D eigenvalue weighted by atomic mass is 16.5. The number of nitrogens with one attached hydrogen (secondary N) is 2. The number of nitrogens with zero attached hydrogens (tertiary/aromatic N) is 1. The molecule has 3 aromatic carbocycles. The standard InChI is InChI=1S/C28H25N3O6/c1-35-22-13-12-18(15-23(22)36-2)29-28(34)26-25(20-10-6-7-11-21(20)37-26)30-27(33)17-14-24(32)31(16-17)19-8-4-3-5-9-19/h3-13,15,17H,14,16H2,1-2H3,(H,29,34)(H,30,33)/t17-/m1/s1. The van der Waals surface area contributed by atoms with E-state index in [1.54, 1.807) is 47.4 Å². The molecule has 3 amide bonds.